The first-order chi connectivity index (χ1) is 11.5. The number of carbonyl (C=O) groups excluding carboxylic acids is 2. The molecule has 6 nitrogen and oxygen atoms in total. The average molecular weight is 359 g/mol. The van der Waals surface area contributed by atoms with Gasteiger partial charge in [0.05, 0.1) is 11.1 Å². The van der Waals surface area contributed by atoms with Crippen molar-refractivity contribution in [1.29, 1.82) is 0 Å². The lowest BCUT2D eigenvalue weighted by Crippen LogP contribution is -2.51. The van der Waals surface area contributed by atoms with E-state index in [2.05, 4.69) is 4.98 Å². The minimum absolute atomic E-state index is 0.129. The lowest BCUT2D eigenvalue weighted by atomic mass is 10.1. The largest absolute Gasteiger partial charge is 0.444 e. The monoisotopic (exact) mass is 359 g/mol. The van der Waals surface area contributed by atoms with Crippen LogP contribution in [0, 0.1) is 0 Å². The maximum absolute atomic E-state index is 13.0. The van der Waals surface area contributed by atoms with Crippen LogP contribution in [0.15, 0.2) is 18.5 Å². The molecule has 138 valence electrons. The second kappa shape index (κ2) is 6.89. The molecule has 2 amide bonds. The van der Waals surface area contributed by atoms with E-state index < -0.39 is 34.9 Å². The molecule has 0 N–H and O–H groups in total. The van der Waals surface area contributed by atoms with Crippen LogP contribution in [0.25, 0.3) is 0 Å². The van der Waals surface area contributed by atoms with Crippen LogP contribution < -0.4 is 0 Å². The normalized spacial score (nSPS) is 15.9. The summed E-state index contributed by atoms with van der Waals surface area (Å²) in [6, 6.07) is 0.782. The Morgan fingerprint density at radius 3 is 2.16 bits per heavy atom. The Morgan fingerprint density at radius 2 is 1.64 bits per heavy atom. The molecule has 0 atom stereocenters. The molecule has 2 rings (SSSR count). The molecule has 0 radical (unpaired) electrons. The number of carbonyl (C=O) groups is 2. The second-order valence-electron chi connectivity index (χ2n) is 6.68. The quantitative estimate of drug-likeness (QED) is 0.774. The highest BCUT2D eigenvalue weighted by Crippen LogP contribution is 2.32. The number of pyridine rings is 1. The average Bonchev–Trinajstić information content (AvgIpc) is 2.52. The maximum Gasteiger partial charge on any atom is 0.417 e. The van der Waals surface area contributed by atoms with Gasteiger partial charge in [-0.3, -0.25) is 9.78 Å². The SMILES string of the molecule is CC(C)(C)OC(=O)N1CCN(C(=O)c2cnccc2C(F)(F)F)CC1. The Hall–Kier alpha value is -2.32. The predicted octanol–water partition coefficient (Wildman–Crippen LogP) is 2.79. The van der Waals surface area contributed by atoms with Gasteiger partial charge in [0.15, 0.2) is 0 Å². The molecule has 0 unspecified atom stereocenters. The number of halogens is 3. The number of hydrogen-bond donors (Lipinski definition) is 0. The van der Waals surface area contributed by atoms with E-state index in [1.54, 1.807) is 20.8 Å². The zero-order chi connectivity index (χ0) is 18.8. The summed E-state index contributed by atoms with van der Waals surface area (Å²) in [5, 5.41) is 0. The van der Waals surface area contributed by atoms with Gasteiger partial charge in [-0.15, -0.1) is 0 Å². The third-order valence-corrected chi connectivity index (χ3v) is 3.58. The van der Waals surface area contributed by atoms with E-state index >= 15 is 0 Å². The minimum Gasteiger partial charge on any atom is -0.444 e. The van der Waals surface area contributed by atoms with Crippen LogP contribution >= 0.6 is 0 Å². The third-order valence-electron chi connectivity index (χ3n) is 3.58. The second-order valence-corrected chi connectivity index (χ2v) is 6.68. The van der Waals surface area contributed by atoms with E-state index in [4.69, 9.17) is 4.74 Å². The van der Waals surface area contributed by atoms with Crippen LogP contribution in [0.5, 0.6) is 0 Å². The van der Waals surface area contributed by atoms with E-state index in [1.807, 2.05) is 0 Å². The van der Waals surface area contributed by atoms with Crippen molar-refractivity contribution >= 4 is 12.0 Å². The molecule has 1 aliphatic heterocycles. The summed E-state index contributed by atoms with van der Waals surface area (Å²) in [6.45, 7) is 5.88. The summed E-state index contributed by atoms with van der Waals surface area (Å²) in [6.07, 6.45) is -3.21. The summed E-state index contributed by atoms with van der Waals surface area (Å²) in [5.74, 6) is -0.746. The number of nitrogens with zero attached hydrogens (tertiary/aromatic N) is 3. The highest BCUT2D eigenvalue weighted by molar-refractivity contribution is 5.95. The Bertz CT molecular complexity index is 648. The van der Waals surface area contributed by atoms with Gasteiger partial charge >= 0.3 is 12.3 Å². The van der Waals surface area contributed by atoms with Crippen LogP contribution in [0.1, 0.15) is 36.7 Å². The first-order valence-corrected chi connectivity index (χ1v) is 7.77. The van der Waals surface area contributed by atoms with E-state index in [-0.39, 0.29) is 26.2 Å². The molecule has 0 aromatic carbocycles. The number of aromatic nitrogens is 1. The summed E-state index contributed by atoms with van der Waals surface area (Å²) in [5.41, 5.74) is -2.13. The van der Waals surface area contributed by atoms with Crippen molar-refractivity contribution < 1.29 is 27.5 Å². The van der Waals surface area contributed by atoms with Crippen LogP contribution in [-0.4, -0.2) is 58.6 Å². The molecule has 1 aliphatic rings. The maximum atomic E-state index is 13.0. The molecule has 0 aliphatic carbocycles. The molecule has 25 heavy (non-hydrogen) atoms. The number of alkyl halides is 3. The molecule has 1 saturated heterocycles. The van der Waals surface area contributed by atoms with Gasteiger partial charge in [-0.2, -0.15) is 13.2 Å². The molecule has 1 aromatic rings. The Morgan fingerprint density at radius 1 is 1.08 bits per heavy atom. The van der Waals surface area contributed by atoms with Gasteiger partial charge in [0.1, 0.15) is 5.60 Å². The first kappa shape index (κ1) is 19.0. The van der Waals surface area contributed by atoms with Crippen molar-refractivity contribution in [3.05, 3.63) is 29.6 Å². The van der Waals surface area contributed by atoms with Gasteiger partial charge in [-0.1, -0.05) is 0 Å². The molecule has 0 saturated carbocycles. The molecule has 2 heterocycles. The van der Waals surface area contributed by atoms with Crippen LogP contribution in [0.2, 0.25) is 0 Å². The van der Waals surface area contributed by atoms with Gasteiger partial charge in [-0.05, 0) is 26.8 Å². The highest BCUT2D eigenvalue weighted by atomic mass is 19.4. The summed E-state index contributed by atoms with van der Waals surface area (Å²) in [7, 11) is 0. The van der Waals surface area contributed by atoms with Gasteiger partial charge in [0, 0.05) is 38.6 Å². The van der Waals surface area contributed by atoms with Crippen molar-refractivity contribution in [2.75, 3.05) is 26.2 Å². The smallest absolute Gasteiger partial charge is 0.417 e. The Labute approximate surface area is 143 Å². The van der Waals surface area contributed by atoms with E-state index in [9.17, 15) is 22.8 Å². The summed E-state index contributed by atoms with van der Waals surface area (Å²) >= 11 is 0. The van der Waals surface area contributed by atoms with E-state index in [1.165, 1.54) is 9.80 Å². The van der Waals surface area contributed by atoms with Crippen LogP contribution in [0.3, 0.4) is 0 Å². The van der Waals surface area contributed by atoms with Gasteiger partial charge < -0.3 is 14.5 Å². The summed E-state index contributed by atoms with van der Waals surface area (Å²) in [4.78, 5) is 30.8. The topological polar surface area (TPSA) is 62.7 Å². The molecule has 1 fully saturated rings. The number of hydrogen-bond acceptors (Lipinski definition) is 4. The Kier molecular flexibility index (Phi) is 5.24. The number of ether oxygens (including phenoxy) is 1. The van der Waals surface area contributed by atoms with Crippen molar-refractivity contribution in [1.82, 2.24) is 14.8 Å². The van der Waals surface area contributed by atoms with Crippen LogP contribution in [-0.2, 0) is 10.9 Å². The van der Waals surface area contributed by atoms with Gasteiger partial charge in [0.25, 0.3) is 5.91 Å². The molecular formula is C16H20F3N3O3. The molecular weight excluding hydrogens is 339 g/mol. The zero-order valence-electron chi connectivity index (χ0n) is 14.3. The zero-order valence-corrected chi connectivity index (χ0v) is 14.3. The Balaban J connectivity index is 2.04. The number of rotatable bonds is 1. The number of piperazine rings is 1. The van der Waals surface area contributed by atoms with Crippen LogP contribution in [0.4, 0.5) is 18.0 Å². The van der Waals surface area contributed by atoms with Crippen molar-refractivity contribution in [3.63, 3.8) is 0 Å². The standard InChI is InChI=1S/C16H20F3N3O3/c1-15(2,3)25-14(24)22-8-6-21(7-9-22)13(23)11-10-20-5-4-12(11)16(17,18)19/h4-5,10H,6-9H2,1-3H3. The van der Waals surface area contributed by atoms with Gasteiger partial charge in [-0.25, -0.2) is 4.79 Å². The predicted molar refractivity (Wildman–Crippen MR) is 82.9 cm³/mol. The number of amides is 2. The van der Waals surface area contributed by atoms with Gasteiger partial charge in [0.2, 0.25) is 0 Å². The van der Waals surface area contributed by atoms with E-state index in [0.29, 0.717) is 0 Å². The lowest BCUT2D eigenvalue weighted by Gasteiger charge is -2.35. The first-order valence-electron chi connectivity index (χ1n) is 7.77. The molecule has 0 spiro atoms. The lowest BCUT2D eigenvalue weighted by molar-refractivity contribution is -0.138. The van der Waals surface area contributed by atoms with E-state index in [0.717, 1.165) is 18.5 Å². The fourth-order valence-electron chi connectivity index (χ4n) is 2.40. The minimum atomic E-state index is -4.63. The van der Waals surface area contributed by atoms with Crippen molar-refractivity contribution in [3.8, 4) is 0 Å². The van der Waals surface area contributed by atoms with Crippen molar-refractivity contribution in [2.24, 2.45) is 0 Å². The van der Waals surface area contributed by atoms with Crippen molar-refractivity contribution in [2.45, 2.75) is 32.5 Å². The highest BCUT2D eigenvalue weighted by Gasteiger charge is 2.37. The molecule has 0 bridgehead atoms. The summed E-state index contributed by atoms with van der Waals surface area (Å²) < 4.78 is 44.3. The molecule has 1 aromatic heterocycles. The third kappa shape index (κ3) is 4.83. The fourth-order valence-corrected chi connectivity index (χ4v) is 2.40. The fraction of sp³-hybridized carbons (Fsp3) is 0.562. The molecule has 9 heteroatoms.